The normalized spacial score (nSPS) is 31.2. The van der Waals surface area contributed by atoms with Gasteiger partial charge in [-0.3, -0.25) is 0 Å². The number of rotatable bonds is 4. The van der Waals surface area contributed by atoms with Crippen molar-refractivity contribution in [2.45, 2.75) is 25.8 Å². The molecule has 0 spiro atoms. The van der Waals surface area contributed by atoms with Crippen LogP contribution >= 0.6 is 11.6 Å². The molecule has 0 saturated carbocycles. The smallest absolute Gasteiger partial charge is 0.282 e. The highest BCUT2D eigenvalue weighted by Gasteiger charge is 2.40. The Hall–Kier alpha value is 0.120. The van der Waals surface area contributed by atoms with Crippen molar-refractivity contribution in [1.29, 1.82) is 0 Å². The summed E-state index contributed by atoms with van der Waals surface area (Å²) in [6.45, 7) is 4.57. The van der Waals surface area contributed by atoms with E-state index in [1.54, 1.807) is 8.61 Å². The van der Waals surface area contributed by atoms with Gasteiger partial charge in [0.15, 0.2) is 0 Å². The van der Waals surface area contributed by atoms with E-state index in [1.807, 2.05) is 14.1 Å². The van der Waals surface area contributed by atoms with Crippen molar-refractivity contribution in [3.05, 3.63) is 0 Å². The van der Waals surface area contributed by atoms with Gasteiger partial charge in [-0.1, -0.05) is 6.92 Å². The van der Waals surface area contributed by atoms with Gasteiger partial charge in [0.1, 0.15) is 0 Å². The van der Waals surface area contributed by atoms with E-state index in [0.29, 0.717) is 49.9 Å². The summed E-state index contributed by atoms with van der Waals surface area (Å²) in [6, 6.07) is 0.310. The Labute approximate surface area is 128 Å². The van der Waals surface area contributed by atoms with Crippen LogP contribution < -0.4 is 0 Å². The van der Waals surface area contributed by atoms with Crippen molar-refractivity contribution in [3.8, 4) is 0 Å². The summed E-state index contributed by atoms with van der Waals surface area (Å²) in [7, 11) is 0.738. The number of piperidine rings is 1. The molecule has 0 aromatic rings. The summed E-state index contributed by atoms with van der Waals surface area (Å²) >= 11 is 5.86. The molecule has 0 aromatic carbocycles. The molecule has 2 heterocycles. The first-order valence-electron chi connectivity index (χ1n) is 7.34. The fourth-order valence-electron chi connectivity index (χ4n) is 3.22. The van der Waals surface area contributed by atoms with Gasteiger partial charge in [0.25, 0.3) is 10.2 Å². The molecule has 2 rings (SSSR count). The monoisotopic (exact) mass is 323 g/mol. The minimum absolute atomic E-state index is 0.310. The van der Waals surface area contributed by atoms with E-state index in [2.05, 4.69) is 11.8 Å². The molecule has 2 unspecified atom stereocenters. The van der Waals surface area contributed by atoms with Gasteiger partial charge in [0.2, 0.25) is 0 Å². The molecule has 2 fully saturated rings. The zero-order valence-corrected chi connectivity index (χ0v) is 14.2. The van der Waals surface area contributed by atoms with Gasteiger partial charge in [-0.15, -0.1) is 11.6 Å². The topological polar surface area (TPSA) is 43.9 Å². The number of nitrogens with zero attached hydrogens (tertiary/aromatic N) is 3. The molecule has 2 aliphatic heterocycles. The Morgan fingerprint density at radius 2 is 1.75 bits per heavy atom. The van der Waals surface area contributed by atoms with E-state index in [-0.39, 0.29) is 0 Å². The van der Waals surface area contributed by atoms with Crippen LogP contribution in [0.2, 0.25) is 0 Å². The molecule has 7 heteroatoms. The third-order valence-electron chi connectivity index (χ3n) is 4.65. The van der Waals surface area contributed by atoms with E-state index in [9.17, 15) is 8.42 Å². The van der Waals surface area contributed by atoms with Crippen LogP contribution in [0.5, 0.6) is 0 Å². The van der Waals surface area contributed by atoms with Crippen molar-refractivity contribution < 1.29 is 8.42 Å². The Kier molecular flexibility index (Phi) is 5.34. The van der Waals surface area contributed by atoms with Crippen LogP contribution in [0.4, 0.5) is 0 Å². The third kappa shape index (κ3) is 3.30. The Morgan fingerprint density at radius 1 is 1.15 bits per heavy atom. The number of hydrogen-bond acceptors (Lipinski definition) is 3. The molecule has 0 aromatic heterocycles. The quantitative estimate of drug-likeness (QED) is 0.727. The van der Waals surface area contributed by atoms with E-state index >= 15 is 0 Å². The second-order valence-corrected chi connectivity index (χ2v) is 8.57. The predicted octanol–water partition coefficient (Wildman–Crippen LogP) is 1.06. The van der Waals surface area contributed by atoms with Gasteiger partial charge < -0.3 is 4.90 Å². The first-order valence-corrected chi connectivity index (χ1v) is 9.27. The van der Waals surface area contributed by atoms with Gasteiger partial charge in [-0.25, -0.2) is 0 Å². The standard InChI is InChI=1S/C13H26ClN3O2S/c1-11-9-17(10-13(11)15(2)3)20(18,19)16-6-4-12(8-14)5-7-16/h11-13H,4-10H2,1-3H3. The van der Waals surface area contributed by atoms with Crippen molar-refractivity contribution in [2.24, 2.45) is 11.8 Å². The molecule has 2 aliphatic rings. The van der Waals surface area contributed by atoms with Crippen LogP contribution in [0.25, 0.3) is 0 Å². The SMILES string of the molecule is CC1CN(S(=O)(=O)N2CCC(CCl)CC2)CC1N(C)C. The summed E-state index contributed by atoms with van der Waals surface area (Å²) in [5, 5.41) is 0. The van der Waals surface area contributed by atoms with Crippen LogP contribution in [0.1, 0.15) is 19.8 Å². The van der Waals surface area contributed by atoms with Crippen molar-refractivity contribution in [3.63, 3.8) is 0 Å². The van der Waals surface area contributed by atoms with Crippen LogP contribution in [-0.4, -0.2) is 74.1 Å². The lowest BCUT2D eigenvalue weighted by molar-refractivity contribution is 0.256. The van der Waals surface area contributed by atoms with Gasteiger partial charge in [0.05, 0.1) is 0 Å². The molecule has 0 radical (unpaired) electrons. The van der Waals surface area contributed by atoms with E-state index in [1.165, 1.54) is 0 Å². The highest BCUT2D eigenvalue weighted by atomic mass is 35.5. The molecule has 5 nitrogen and oxygen atoms in total. The zero-order valence-electron chi connectivity index (χ0n) is 12.6. The Balaban J connectivity index is 2.01. The second-order valence-electron chi connectivity index (χ2n) is 6.33. The molecule has 118 valence electrons. The van der Waals surface area contributed by atoms with Crippen LogP contribution in [0, 0.1) is 11.8 Å². The number of alkyl halides is 1. The lowest BCUT2D eigenvalue weighted by atomic mass is 10.0. The molecule has 0 amide bonds. The van der Waals surface area contributed by atoms with Crippen molar-refractivity contribution in [1.82, 2.24) is 13.5 Å². The lowest BCUT2D eigenvalue weighted by Gasteiger charge is -2.33. The third-order valence-corrected chi connectivity index (χ3v) is 7.05. The van der Waals surface area contributed by atoms with Crippen molar-refractivity contribution in [2.75, 3.05) is 46.2 Å². The largest absolute Gasteiger partial charge is 0.305 e. The molecular weight excluding hydrogens is 298 g/mol. The molecule has 2 atom stereocenters. The summed E-state index contributed by atoms with van der Waals surface area (Å²) in [4.78, 5) is 2.12. The van der Waals surface area contributed by atoms with Crippen molar-refractivity contribution >= 4 is 21.8 Å². The second kappa shape index (κ2) is 6.48. The summed E-state index contributed by atoms with van der Waals surface area (Å²) in [5.41, 5.74) is 0. The van der Waals surface area contributed by atoms with Crippen LogP contribution in [-0.2, 0) is 10.2 Å². The molecule has 2 saturated heterocycles. The Bertz CT molecular complexity index is 421. The van der Waals surface area contributed by atoms with Gasteiger partial charge in [0, 0.05) is 38.1 Å². The highest BCUT2D eigenvalue weighted by Crippen LogP contribution is 2.27. The lowest BCUT2D eigenvalue weighted by Crippen LogP contribution is -2.47. The molecule has 0 aliphatic carbocycles. The number of halogens is 1. The average Bonchev–Trinajstić information content (AvgIpc) is 2.82. The summed E-state index contributed by atoms with van der Waals surface area (Å²) in [5.74, 6) is 1.48. The molecule has 0 bridgehead atoms. The maximum atomic E-state index is 12.7. The fourth-order valence-corrected chi connectivity index (χ4v) is 5.30. The van der Waals surface area contributed by atoms with Crippen LogP contribution in [0.3, 0.4) is 0 Å². The van der Waals surface area contributed by atoms with E-state index in [0.717, 1.165) is 12.8 Å². The predicted molar refractivity (Wildman–Crippen MR) is 82.1 cm³/mol. The first-order chi connectivity index (χ1) is 9.36. The minimum atomic E-state index is -3.30. The maximum absolute atomic E-state index is 12.7. The fraction of sp³-hybridized carbons (Fsp3) is 1.00. The van der Waals surface area contributed by atoms with E-state index < -0.39 is 10.2 Å². The number of hydrogen-bond donors (Lipinski definition) is 0. The van der Waals surface area contributed by atoms with Gasteiger partial charge >= 0.3 is 0 Å². The first kappa shape index (κ1) is 16.5. The average molecular weight is 324 g/mol. The zero-order chi connectivity index (χ0) is 14.9. The maximum Gasteiger partial charge on any atom is 0.282 e. The van der Waals surface area contributed by atoms with Gasteiger partial charge in [-0.05, 0) is 38.8 Å². The molecule has 0 N–H and O–H groups in total. The Morgan fingerprint density at radius 3 is 2.20 bits per heavy atom. The molecular formula is C13H26ClN3O2S. The molecule has 20 heavy (non-hydrogen) atoms. The van der Waals surface area contributed by atoms with Crippen LogP contribution in [0.15, 0.2) is 0 Å². The minimum Gasteiger partial charge on any atom is -0.305 e. The number of likely N-dealkylation sites (N-methyl/N-ethyl adjacent to an activating group) is 1. The summed E-state index contributed by atoms with van der Waals surface area (Å²) in [6.07, 6.45) is 1.76. The van der Waals surface area contributed by atoms with E-state index in [4.69, 9.17) is 11.6 Å². The summed E-state index contributed by atoms with van der Waals surface area (Å²) < 4.78 is 28.7. The highest BCUT2D eigenvalue weighted by molar-refractivity contribution is 7.86. The van der Waals surface area contributed by atoms with Gasteiger partial charge in [-0.2, -0.15) is 17.0 Å².